The van der Waals surface area contributed by atoms with Crippen LogP contribution in [0.15, 0.2) is 46.9 Å². The van der Waals surface area contributed by atoms with Crippen LogP contribution in [0.25, 0.3) is 0 Å². The van der Waals surface area contributed by atoms with E-state index in [1.54, 1.807) is 7.05 Å². The average molecular weight is 419 g/mol. The second-order valence-electron chi connectivity index (χ2n) is 6.12. The van der Waals surface area contributed by atoms with Gasteiger partial charge in [-0.05, 0) is 49.2 Å². The van der Waals surface area contributed by atoms with E-state index < -0.39 is 0 Å². The van der Waals surface area contributed by atoms with Crippen LogP contribution < -0.4 is 10.1 Å². The van der Waals surface area contributed by atoms with Gasteiger partial charge in [-0.15, -0.1) is 0 Å². The SMILES string of the molecule is Cc1cc(Br)ccc1NC(=O)CN(C)C(=O)CCOc1ccccc1C. The molecular formula is C20H23BrN2O3. The van der Waals surface area contributed by atoms with E-state index in [0.717, 1.165) is 27.0 Å². The summed E-state index contributed by atoms with van der Waals surface area (Å²) < 4.78 is 6.59. The Morgan fingerprint density at radius 1 is 1.12 bits per heavy atom. The second-order valence-corrected chi connectivity index (χ2v) is 7.04. The molecule has 2 rings (SSSR count). The van der Waals surface area contributed by atoms with Crippen molar-refractivity contribution in [2.45, 2.75) is 20.3 Å². The smallest absolute Gasteiger partial charge is 0.243 e. The van der Waals surface area contributed by atoms with Crippen LogP contribution in [0.3, 0.4) is 0 Å². The first kappa shape index (κ1) is 20.0. The van der Waals surface area contributed by atoms with Crippen LogP contribution in [0.4, 0.5) is 5.69 Å². The first-order chi connectivity index (χ1) is 12.4. The lowest BCUT2D eigenvalue weighted by atomic mass is 10.2. The van der Waals surface area contributed by atoms with E-state index in [-0.39, 0.29) is 31.4 Å². The first-order valence-corrected chi connectivity index (χ1v) is 9.14. The second kappa shape index (κ2) is 9.38. The summed E-state index contributed by atoms with van der Waals surface area (Å²) in [5, 5.41) is 2.83. The Morgan fingerprint density at radius 2 is 1.85 bits per heavy atom. The zero-order valence-electron chi connectivity index (χ0n) is 15.2. The van der Waals surface area contributed by atoms with E-state index in [1.165, 1.54) is 4.90 Å². The van der Waals surface area contributed by atoms with Gasteiger partial charge in [-0.2, -0.15) is 0 Å². The highest BCUT2D eigenvalue weighted by molar-refractivity contribution is 9.10. The Balaban J connectivity index is 1.79. The number of amides is 2. The maximum atomic E-state index is 12.2. The van der Waals surface area contributed by atoms with E-state index in [9.17, 15) is 9.59 Å². The molecule has 0 saturated heterocycles. The maximum Gasteiger partial charge on any atom is 0.243 e. The summed E-state index contributed by atoms with van der Waals surface area (Å²) >= 11 is 3.39. The standard InChI is InChI=1S/C20H23BrN2O3/c1-14-6-4-5-7-18(14)26-11-10-20(25)23(3)13-19(24)22-17-9-8-16(21)12-15(17)2/h4-9,12H,10-11,13H2,1-3H3,(H,22,24). The Labute approximate surface area is 162 Å². The number of nitrogens with one attached hydrogen (secondary N) is 1. The predicted molar refractivity (Wildman–Crippen MR) is 106 cm³/mol. The van der Waals surface area contributed by atoms with E-state index in [4.69, 9.17) is 4.74 Å². The number of benzene rings is 2. The third-order valence-corrected chi connectivity index (χ3v) is 4.43. The number of carbonyl (C=O) groups is 2. The molecule has 0 aliphatic heterocycles. The Morgan fingerprint density at radius 3 is 2.54 bits per heavy atom. The van der Waals surface area contributed by atoms with E-state index in [1.807, 2.05) is 56.3 Å². The van der Waals surface area contributed by atoms with Gasteiger partial charge in [-0.1, -0.05) is 34.1 Å². The van der Waals surface area contributed by atoms with Crippen LogP contribution in [0.2, 0.25) is 0 Å². The van der Waals surface area contributed by atoms with Crippen molar-refractivity contribution in [1.82, 2.24) is 4.90 Å². The molecule has 0 fully saturated rings. The molecule has 26 heavy (non-hydrogen) atoms. The molecule has 2 amide bonds. The Kier molecular flexibility index (Phi) is 7.21. The van der Waals surface area contributed by atoms with Gasteiger partial charge in [0.15, 0.2) is 0 Å². The number of rotatable bonds is 7. The Hall–Kier alpha value is -2.34. The highest BCUT2D eigenvalue weighted by Gasteiger charge is 2.14. The molecule has 0 heterocycles. The number of nitrogens with zero attached hydrogens (tertiary/aromatic N) is 1. The summed E-state index contributed by atoms with van der Waals surface area (Å²) in [6.45, 7) is 4.15. The molecule has 138 valence electrons. The molecule has 0 aliphatic carbocycles. The van der Waals surface area contributed by atoms with Gasteiger partial charge >= 0.3 is 0 Å². The number of ether oxygens (including phenoxy) is 1. The van der Waals surface area contributed by atoms with Gasteiger partial charge in [0.05, 0.1) is 19.6 Å². The fourth-order valence-electron chi connectivity index (χ4n) is 2.42. The highest BCUT2D eigenvalue weighted by atomic mass is 79.9. The summed E-state index contributed by atoms with van der Waals surface area (Å²) in [5.41, 5.74) is 2.72. The van der Waals surface area contributed by atoms with Gasteiger partial charge in [0.2, 0.25) is 11.8 Å². The maximum absolute atomic E-state index is 12.2. The van der Waals surface area contributed by atoms with Gasteiger partial charge in [-0.3, -0.25) is 9.59 Å². The molecule has 0 unspecified atom stereocenters. The predicted octanol–water partition coefficient (Wildman–Crippen LogP) is 3.93. The van der Waals surface area contributed by atoms with E-state index >= 15 is 0 Å². The van der Waals surface area contributed by atoms with Crippen molar-refractivity contribution in [3.8, 4) is 5.75 Å². The molecular weight excluding hydrogens is 396 g/mol. The van der Waals surface area contributed by atoms with Crippen molar-refractivity contribution >= 4 is 33.4 Å². The molecule has 2 aromatic carbocycles. The van der Waals surface area contributed by atoms with Crippen LogP contribution in [0.1, 0.15) is 17.5 Å². The van der Waals surface area contributed by atoms with Crippen LogP contribution in [0.5, 0.6) is 5.75 Å². The third-order valence-electron chi connectivity index (χ3n) is 3.94. The fraction of sp³-hybridized carbons (Fsp3) is 0.300. The van der Waals surface area contributed by atoms with Gasteiger partial charge < -0.3 is 15.0 Å². The number of para-hydroxylation sites is 1. The quantitative estimate of drug-likeness (QED) is 0.740. The minimum absolute atomic E-state index is 0.00129. The minimum Gasteiger partial charge on any atom is -0.493 e. The molecule has 0 radical (unpaired) electrons. The third kappa shape index (κ3) is 5.88. The highest BCUT2D eigenvalue weighted by Crippen LogP contribution is 2.20. The monoisotopic (exact) mass is 418 g/mol. The molecule has 0 aromatic heterocycles. The molecule has 0 spiro atoms. The number of aryl methyl sites for hydroxylation is 2. The zero-order valence-corrected chi connectivity index (χ0v) is 16.8. The van der Waals surface area contributed by atoms with Crippen LogP contribution in [0, 0.1) is 13.8 Å². The van der Waals surface area contributed by atoms with Gasteiger partial charge in [-0.25, -0.2) is 0 Å². The molecule has 1 N–H and O–H groups in total. The summed E-state index contributed by atoms with van der Waals surface area (Å²) in [4.78, 5) is 25.7. The van der Waals surface area contributed by atoms with E-state index in [0.29, 0.717) is 0 Å². The van der Waals surface area contributed by atoms with Crippen molar-refractivity contribution < 1.29 is 14.3 Å². The number of hydrogen-bond donors (Lipinski definition) is 1. The number of anilines is 1. The van der Waals surface area contributed by atoms with Crippen LogP contribution in [-0.2, 0) is 9.59 Å². The molecule has 0 bridgehead atoms. The van der Waals surface area contributed by atoms with Crippen molar-refractivity contribution in [3.63, 3.8) is 0 Å². The van der Waals surface area contributed by atoms with Gasteiger partial charge in [0.1, 0.15) is 5.75 Å². The molecule has 5 nitrogen and oxygen atoms in total. The van der Waals surface area contributed by atoms with E-state index in [2.05, 4.69) is 21.2 Å². The van der Waals surface area contributed by atoms with Crippen molar-refractivity contribution in [2.24, 2.45) is 0 Å². The number of likely N-dealkylation sites (N-methyl/N-ethyl adjacent to an activating group) is 1. The first-order valence-electron chi connectivity index (χ1n) is 8.35. The summed E-state index contributed by atoms with van der Waals surface area (Å²) in [6, 6.07) is 13.3. The zero-order chi connectivity index (χ0) is 19.1. The van der Waals surface area contributed by atoms with Gasteiger partial charge in [0.25, 0.3) is 0 Å². The Bertz CT molecular complexity index is 792. The fourth-order valence-corrected chi connectivity index (χ4v) is 2.89. The summed E-state index contributed by atoms with van der Waals surface area (Å²) in [6.07, 6.45) is 0.218. The summed E-state index contributed by atoms with van der Waals surface area (Å²) in [7, 11) is 1.62. The topological polar surface area (TPSA) is 58.6 Å². The van der Waals surface area contributed by atoms with Crippen molar-refractivity contribution in [2.75, 3.05) is 25.5 Å². The van der Waals surface area contributed by atoms with Crippen molar-refractivity contribution in [3.05, 3.63) is 58.1 Å². The molecule has 0 atom stereocenters. The normalized spacial score (nSPS) is 10.3. The van der Waals surface area contributed by atoms with Gasteiger partial charge in [0, 0.05) is 17.2 Å². The summed E-state index contributed by atoms with van der Waals surface area (Å²) in [5.74, 6) is 0.402. The molecule has 6 heteroatoms. The number of halogens is 1. The lowest BCUT2D eigenvalue weighted by Gasteiger charge is -2.18. The average Bonchev–Trinajstić information content (AvgIpc) is 2.59. The molecule has 2 aromatic rings. The largest absolute Gasteiger partial charge is 0.493 e. The number of carbonyl (C=O) groups excluding carboxylic acids is 2. The molecule has 0 saturated carbocycles. The van der Waals surface area contributed by atoms with Crippen molar-refractivity contribution in [1.29, 1.82) is 0 Å². The van der Waals surface area contributed by atoms with Crippen LogP contribution >= 0.6 is 15.9 Å². The minimum atomic E-state index is -0.230. The lowest BCUT2D eigenvalue weighted by Crippen LogP contribution is -2.35. The van der Waals surface area contributed by atoms with Crippen LogP contribution in [-0.4, -0.2) is 36.9 Å². The number of hydrogen-bond acceptors (Lipinski definition) is 3. The lowest BCUT2D eigenvalue weighted by molar-refractivity contribution is -0.133. The molecule has 0 aliphatic rings.